The Hall–Kier alpha value is -2.66. The molecule has 2 aromatic rings. The van der Waals surface area contributed by atoms with E-state index >= 15 is 0 Å². The van der Waals surface area contributed by atoms with Crippen LogP contribution in [0, 0.1) is 0 Å². The highest BCUT2D eigenvalue weighted by Crippen LogP contribution is 2.37. The first kappa shape index (κ1) is 18.7. The molecule has 2 aliphatic heterocycles. The highest BCUT2D eigenvalue weighted by Gasteiger charge is 2.41. The van der Waals surface area contributed by atoms with Crippen LogP contribution in [-0.2, 0) is 26.2 Å². The minimum Gasteiger partial charge on any atom is -0.381 e. The quantitative estimate of drug-likeness (QED) is 0.883. The fourth-order valence-corrected chi connectivity index (χ4v) is 4.36. The molecule has 2 heterocycles. The summed E-state index contributed by atoms with van der Waals surface area (Å²) in [5, 5.41) is 3.15. The summed E-state index contributed by atoms with van der Waals surface area (Å²) in [4.78, 5) is 27.3. The molecule has 4 rings (SSSR count). The molecule has 0 bridgehead atoms. The van der Waals surface area contributed by atoms with Crippen molar-refractivity contribution in [1.29, 1.82) is 0 Å². The van der Waals surface area contributed by atoms with Crippen LogP contribution < -0.4 is 10.2 Å². The molecule has 2 aromatic carbocycles. The van der Waals surface area contributed by atoms with Crippen molar-refractivity contribution >= 4 is 23.2 Å². The molecular weight excluding hydrogens is 352 g/mol. The maximum absolute atomic E-state index is 13.4. The Kier molecular flexibility index (Phi) is 5.18. The van der Waals surface area contributed by atoms with Crippen LogP contribution >= 0.6 is 0 Å². The number of rotatable bonds is 4. The molecular formula is C23H26N2O3. The van der Waals surface area contributed by atoms with E-state index in [1.807, 2.05) is 60.4 Å². The number of hydrogen-bond acceptors (Lipinski definition) is 3. The van der Waals surface area contributed by atoms with Crippen molar-refractivity contribution < 1.29 is 14.3 Å². The first-order valence-corrected chi connectivity index (χ1v) is 10.0. The number of carbonyl (C=O) groups is 2. The Labute approximate surface area is 165 Å². The standard InChI is InChI=1S/C23H26N2O3/c1-2-25-20-10-9-19(16-17(20)8-11-21(25)26)24-22(27)23(12-14-28-15-13-23)18-6-4-3-5-7-18/h3-7,9-10,16H,2,8,11-15H2,1H3,(H,24,27). The van der Waals surface area contributed by atoms with Crippen molar-refractivity contribution in [3.63, 3.8) is 0 Å². The summed E-state index contributed by atoms with van der Waals surface area (Å²) in [6.45, 7) is 3.81. The van der Waals surface area contributed by atoms with E-state index in [1.165, 1.54) is 0 Å². The first-order valence-electron chi connectivity index (χ1n) is 10.0. The molecule has 146 valence electrons. The lowest BCUT2D eigenvalue weighted by Gasteiger charge is -2.36. The summed E-state index contributed by atoms with van der Waals surface area (Å²) < 4.78 is 5.54. The number of hydrogen-bond donors (Lipinski definition) is 1. The van der Waals surface area contributed by atoms with Crippen LogP contribution in [0.25, 0.3) is 0 Å². The second-order valence-corrected chi connectivity index (χ2v) is 7.50. The van der Waals surface area contributed by atoms with E-state index < -0.39 is 5.41 Å². The van der Waals surface area contributed by atoms with Gasteiger partial charge in [0.05, 0.1) is 5.41 Å². The molecule has 1 saturated heterocycles. The summed E-state index contributed by atoms with van der Waals surface area (Å²) in [5.74, 6) is 0.179. The lowest BCUT2D eigenvalue weighted by atomic mass is 9.73. The zero-order valence-corrected chi connectivity index (χ0v) is 16.2. The van der Waals surface area contributed by atoms with E-state index in [9.17, 15) is 9.59 Å². The maximum Gasteiger partial charge on any atom is 0.235 e. The van der Waals surface area contributed by atoms with Crippen LogP contribution in [0.15, 0.2) is 48.5 Å². The molecule has 2 aliphatic rings. The lowest BCUT2D eigenvalue weighted by molar-refractivity contribution is -0.125. The van der Waals surface area contributed by atoms with Gasteiger partial charge in [-0.1, -0.05) is 30.3 Å². The maximum atomic E-state index is 13.4. The summed E-state index contributed by atoms with van der Waals surface area (Å²) in [7, 11) is 0. The predicted molar refractivity (Wildman–Crippen MR) is 110 cm³/mol. The van der Waals surface area contributed by atoms with Gasteiger partial charge in [0.15, 0.2) is 0 Å². The van der Waals surface area contributed by atoms with Gasteiger partial charge in [-0.3, -0.25) is 9.59 Å². The average Bonchev–Trinajstić information content (AvgIpc) is 2.75. The molecule has 0 spiro atoms. The number of fused-ring (bicyclic) bond motifs is 1. The molecule has 0 radical (unpaired) electrons. The van der Waals surface area contributed by atoms with Gasteiger partial charge < -0.3 is 15.0 Å². The van der Waals surface area contributed by atoms with Gasteiger partial charge in [0.2, 0.25) is 11.8 Å². The lowest BCUT2D eigenvalue weighted by Crippen LogP contribution is -2.44. The number of carbonyl (C=O) groups excluding carboxylic acids is 2. The molecule has 2 amide bonds. The van der Waals surface area contributed by atoms with Crippen molar-refractivity contribution in [1.82, 2.24) is 0 Å². The van der Waals surface area contributed by atoms with Crippen molar-refractivity contribution in [2.75, 3.05) is 30.0 Å². The fraction of sp³-hybridized carbons (Fsp3) is 0.391. The van der Waals surface area contributed by atoms with Gasteiger partial charge in [-0.2, -0.15) is 0 Å². The Morgan fingerprint density at radius 3 is 2.57 bits per heavy atom. The van der Waals surface area contributed by atoms with E-state index in [0.717, 1.165) is 22.5 Å². The van der Waals surface area contributed by atoms with E-state index in [-0.39, 0.29) is 11.8 Å². The molecule has 5 nitrogen and oxygen atoms in total. The zero-order chi connectivity index (χ0) is 19.6. The van der Waals surface area contributed by atoms with Crippen LogP contribution in [0.3, 0.4) is 0 Å². The van der Waals surface area contributed by atoms with Gasteiger partial charge in [0.1, 0.15) is 0 Å². The van der Waals surface area contributed by atoms with Crippen molar-refractivity contribution in [3.8, 4) is 0 Å². The van der Waals surface area contributed by atoms with Gasteiger partial charge in [-0.15, -0.1) is 0 Å². The van der Waals surface area contributed by atoms with Crippen LogP contribution in [0.1, 0.15) is 37.3 Å². The van der Waals surface area contributed by atoms with Gasteiger partial charge in [0, 0.05) is 37.6 Å². The number of nitrogens with zero attached hydrogens (tertiary/aromatic N) is 1. The second-order valence-electron chi connectivity index (χ2n) is 7.50. The molecule has 5 heteroatoms. The predicted octanol–water partition coefficient (Wildman–Crippen LogP) is 3.67. The van der Waals surface area contributed by atoms with E-state index in [0.29, 0.717) is 45.4 Å². The number of ether oxygens (including phenoxy) is 1. The highest BCUT2D eigenvalue weighted by molar-refractivity contribution is 6.00. The van der Waals surface area contributed by atoms with Gasteiger partial charge in [0.25, 0.3) is 0 Å². The molecule has 1 fully saturated rings. The monoisotopic (exact) mass is 378 g/mol. The zero-order valence-electron chi connectivity index (χ0n) is 16.2. The molecule has 0 aromatic heterocycles. The number of anilines is 2. The Balaban J connectivity index is 1.61. The molecule has 28 heavy (non-hydrogen) atoms. The van der Waals surface area contributed by atoms with E-state index in [2.05, 4.69) is 5.32 Å². The molecule has 0 atom stereocenters. The number of nitrogens with one attached hydrogen (secondary N) is 1. The van der Waals surface area contributed by atoms with Crippen molar-refractivity contribution in [3.05, 3.63) is 59.7 Å². The average molecular weight is 378 g/mol. The summed E-state index contributed by atoms with van der Waals surface area (Å²) in [6, 6.07) is 15.9. The normalized spacial score (nSPS) is 18.5. The highest BCUT2D eigenvalue weighted by atomic mass is 16.5. The Morgan fingerprint density at radius 1 is 1.11 bits per heavy atom. The molecule has 1 N–H and O–H groups in total. The summed E-state index contributed by atoms with van der Waals surface area (Å²) in [6.07, 6.45) is 2.58. The third-order valence-corrected chi connectivity index (χ3v) is 5.96. The number of amides is 2. The second kappa shape index (κ2) is 7.76. The van der Waals surface area contributed by atoms with E-state index in [4.69, 9.17) is 4.74 Å². The molecule has 0 aliphatic carbocycles. The summed E-state index contributed by atoms with van der Waals surface area (Å²) in [5.41, 5.74) is 3.33. The van der Waals surface area contributed by atoms with Crippen LogP contribution in [0.2, 0.25) is 0 Å². The van der Waals surface area contributed by atoms with Gasteiger partial charge >= 0.3 is 0 Å². The summed E-state index contributed by atoms with van der Waals surface area (Å²) >= 11 is 0. The third-order valence-electron chi connectivity index (χ3n) is 5.96. The van der Waals surface area contributed by atoms with Gasteiger partial charge in [-0.05, 0) is 55.5 Å². The largest absolute Gasteiger partial charge is 0.381 e. The molecule has 0 saturated carbocycles. The molecule has 0 unspecified atom stereocenters. The number of aryl methyl sites for hydroxylation is 1. The van der Waals surface area contributed by atoms with Crippen LogP contribution in [0.4, 0.5) is 11.4 Å². The van der Waals surface area contributed by atoms with Crippen LogP contribution in [0.5, 0.6) is 0 Å². The minimum atomic E-state index is -0.569. The van der Waals surface area contributed by atoms with Crippen molar-refractivity contribution in [2.24, 2.45) is 0 Å². The van der Waals surface area contributed by atoms with Crippen molar-refractivity contribution in [2.45, 2.75) is 38.0 Å². The minimum absolute atomic E-state index is 0.0150. The SMILES string of the molecule is CCN1C(=O)CCc2cc(NC(=O)C3(c4ccccc4)CCOCC3)ccc21. The van der Waals surface area contributed by atoms with Gasteiger partial charge in [-0.25, -0.2) is 0 Å². The number of benzene rings is 2. The third kappa shape index (κ3) is 3.31. The fourth-order valence-electron chi connectivity index (χ4n) is 4.36. The Bertz CT molecular complexity index is 873. The van der Waals surface area contributed by atoms with Crippen LogP contribution in [-0.4, -0.2) is 31.6 Å². The first-order chi connectivity index (χ1) is 13.6. The smallest absolute Gasteiger partial charge is 0.235 e. The Morgan fingerprint density at radius 2 is 1.86 bits per heavy atom. The topological polar surface area (TPSA) is 58.6 Å². The van der Waals surface area contributed by atoms with E-state index in [1.54, 1.807) is 0 Å².